The Bertz CT molecular complexity index is 551. The van der Waals surface area contributed by atoms with E-state index in [1.807, 2.05) is 32.0 Å². The van der Waals surface area contributed by atoms with Crippen molar-refractivity contribution in [1.82, 2.24) is 0 Å². The quantitative estimate of drug-likeness (QED) is 0.405. The second-order valence-electron chi connectivity index (χ2n) is 4.83. The first-order valence-corrected chi connectivity index (χ1v) is 8.30. The summed E-state index contributed by atoms with van der Waals surface area (Å²) in [6, 6.07) is 5.77. The van der Waals surface area contributed by atoms with Crippen molar-refractivity contribution < 1.29 is 14.3 Å². The summed E-state index contributed by atoms with van der Waals surface area (Å²) >= 11 is 11.5. The molecule has 4 nitrogen and oxygen atoms in total. The monoisotopic (exact) mass is 357 g/mol. The molecule has 1 aromatic rings. The van der Waals surface area contributed by atoms with Gasteiger partial charge in [0.15, 0.2) is 4.84 Å². The van der Waals surface area contributed by atoms with Crippen LogP contribution < -0.4 is 4.90 Å². The van der Waals surface area contributed by atoms with Gasteiger partial charge in [0, 0.05) is 0 Å². The Morgan fingerprint density at radius 2 is 1.83 bits per heavy atom. The lowest BCUT2D eigenvalue weighted by atomic mass is 10.0. The van der Waals surface area contributed by atoms with E-state index < -0.39 is 16.7 Å². The zero-order valence-corrected chi connectivity index (χ0v) is 14.9. The molecule has 0 radical (unpaired) electrons. The second-order valence-corrected chi connectivity index (χ2v) is 5.93. The van der Waals surface area contributed by atoms with Gasteiger partial charge in [-0.05, 0) is 24.0 Å². The molecule has 0 spiro atoms. The lowest BCUT2D eigenvalue weighted by Crippen LogP contribution is -2.40. The third-order valence-corrected chi connectivity index (χ3v) is 3.71. The minimum atomic E-state index is -1.25. The van der Waals surface area contributed by atoms with E-state index in [4.69, 9.17) is 27.9 Å². The van der Waals surface area contributed by atoms with Crippen molar-refractivity contribution in [1.29, 1.82) is 0 Å². The van der Waals surface area contributed by atoms with Gasteiger partial charge in [-0.2, -0.15) is 0 Å². The molecule has 126 valence electrons. The topological polar surface area (TPSA) is 46.6 Å². The lowest BCUT2D eigenvalue weighted by molar-refractivity contribution is -0.141. The smallest absolute Gasteiger partial charge is 0.326 e. The number of halogens is 2. The standard InChI is InChI=1S/C17H21Cl2NO3/c1-4-10-23-14(21)11-20(17(22)16(18)19)15-12(5-2)8-7-9-13(15)6-3/h4,7-9,16H,1,5-6,10-11H2,2-3H3. The fourth-order valence-corrected chi connectivity index (χ4v) is 2.51. The van der Waals surface area contributed by atoms with E-state index >= 15 is 0 Å². The Labute approximate surface area is 147 Å². The van der Waals surface area contributed by atoms with Gasteiger partial charge in [-0.3, -0.25) is 14.5 Å². The summed E-state index contributed by atoms with van der Waals surface area (Å²) in [5.41, 5.74) is 2.58. The summed E-state index contributed by atoms with van der Waals surface area (Å²) in [6.07, 6.45) is 2.89. The summed E-state index contributed by atoms with van der Waals surface area (Å²) in [7, 11) is 0. The highest BCUT2D eigenvalue weighted by molar-refractivity contribution is 6.54. The summed E-state index contributed by atoms with van der Waals surface area (Å²) in [4.78, 5) is 24.4. The third kappa shape index (κ3) is 5.26. The van der Waals surface area contributed by atoms with E-state index in [1.54, 1.807) is 0 Å². The molecule has 1 rings (SSSR count). The van der Waals surface area contributed by atoms with Crippen LogP contribution in [0.4, 0.5) is 5.69 Å². The molecule has 0 unspecified atom stereocenters. The van der Waals surface area contributed by atoms with Crippen LogP contribution in [0.15, 0.2) is 30.9 Å². The summed E-state index contributed by atoms with van der Waals surface area (Å²) in [6.45, 7) is 7.29. The highest BCUT2D eigenvalue weighted by atomic mass is 35.5. The molecule has 0 aliphatic carbocycles. The highest BCUT2D eigenvalue weighted by Gasteiger charge is 2.27. The minimum Gasteiger partial charge on any atom is -0.460 e. The highest BCUT2D eigenvalue weighted by Crippen LogP contribution is 2.28. The molecule has 0 saturated heterocycles. The number of hydrogen-bond acceptors (Lipinski definition) is 3. The van der Waals surface area contributed by atoms with Crippen molar-refractivity contribution in [2.45, 2.75) is 31.5 Å². The summed E-state index contributed by atoms with van der Waals surface area (Å²) in [5.74, 6) is -1.08. The molecule has 0 aliphatic rings. The molecular weight excluding hydrogens is 337 g/mol. The molecule has 0 bridgehead atoms. The van der Waals surface area contributed by atoms with E-state index in [1.165, 1.54) is 11.0 Å². The number of benzene rings is 1. The van der Waals surface area contributed by atoms with E-state index in [-0.39, 0.29) is 13.2 Å². The first-order valence-electron chi connectivity index (χ1n) is 7.42. The molecular formula is C17H21Cl2NO3. The summed E-state index contributed by atoms with van der Waals surface area (Å²) in [5, 5.41) is 0. The van der Waals surface area contributed by atoms with Gasteiger partial charge in [-0.15, -0.1) is 0 Å². The molecule has 0 saturated carbocycles. The van der Waals surface area contributed by atoms with Crippen molar-refractivity contribution in [3.63, 3.8) is 0 Å². The molecule has 23 heavy (non-hydrogen) atoms. The van der Waals surface area contributed by atoms with Crippen LogP contribution in [-0.2, 0) is 27.2 Å². The zero-order valence-electron chi connectivity index (χ0n) is 13.4. The lowest BCUT2D eigenvalue weighted by Gasteiger charge is -2.27. The van der Waals surface area contributed by atoms with Crippen LogP contribution in [0.3, 0.4) is 0 Å². The van der Waals surface area contributed by atoms with Gasteiger partial charge in [0.2, 0.25) is 0 Å². The van der Waals surface area contributed by atoms with Crippen LogP contribution in [0.25, 0.3) is 0 Å². The molecule has 6 heteroatoms. The van der Waals surface area contributed by atoms with Gasteiger partial charge in [-0.1, -0.05) is 67.9 Å². The van der Waals surface area contributed by atoms with Gasteiger partial charge in [0.1, 0.15) is 13.2 Å². The van der Waals surface area contributed by atoms with Crippen LogP contribution in [0.5, 0.6) is 0 Å². The Balaban J connectivity index is 3.26. The van der Waals surface area contributed by atoms with E-state index in [9.17, 15) is 9.59 Å². The van der Waals surface area contributed by atoms with Crippen LogP contribution in [-0.4, -0.2) is 29.9 Å². The van der Waals surface area contributed by atoms with Crippen LogP contribution in [0, 0.1) is 0 Å². The average Bonchev–Trinajstić information content (AvgIpc) is 2.56. The molecule has 1 aromatic carbocycles. The number of rotatable bonds is 8. The molecule has 0 aliphatic heterocycles. The fourth-order valence-electron chi connectivity index (χ4n) is 2.27. The zero-order chi connectivity index (χ0) is 17.4. The second kappa shape index (κ2) is 9.58. The molecule has 0 atom stereocenters. The number of anilines is 1. The molecule has 0 N–H and O–H groups in total. The van der Waals surface area contributed by atoms with Crippen molar-refractivity contribution in [2.24, 2.45) is 0 Å². The molecule has 1 amide bonds. The fraction of sp³-hybridized carbons (Fsp3) is 0.412. The van der Waals surface area contributed by atoms with Crippen LogP contribution >= 0.6 is 23.2 Å². The van der Waals surface area contributed by atoms with Crippen LogP contribution in [0.2, 0.25) is 0 Å². The van der Waals surface area contributed by atoms with Crippen molar-refractivity contribution in [2.75, 3.05) is 18.1 Å². The summed E-state index contributed by atoms with van der Waals surface area (Å²) < 4.78 is 4.98. The molecule has 0 aromatic heterocycles. The Kier molecular flexibility index (Phi) is 8.13. The Morgan fingerprint density at radius 1 is 1.26 bits per heavy atom. The van der Waals surface area contributed by atoms with Crippen molar-refractivity contribution >= 4 is 40.8 Å². The number of carbonyl (C=O) groups excluding carboxylic acids is 2. The normalized spacial score (nSPS) is 10.5. The van der Waals surface area contributed by atoms with Gasteiger partial charge in [0.05, 0.1) is 5.69 Å². The third-order valence-electron chi connectivity index (χ3n) is 3.34. The van der Waals surface area contributed by atoms with Gasteiger partial charge in [0.25, 0.3) is 5.91 Å². The van der Waals surface area contributed by atoms with E-state index in [0.29, 0.717) is 18.5 Å². The first-order chi connectivity index (χ1) is 11.0. The Hall–Kier alpha value is -1.52. The maximum atomic E-state index is 12.4. The first kappa shape index (κ1) is 19.5. The number of esters is 1. The number of ether oxygens (including phenoxy) is 1. The number of nitrogens with zero attached hydrogens (tertiary/aromatic N) is 1. The van der Waals surface area contributed by atoms with Crippen LogP contribution in [0.1, 0.15) is 25.0 Å². The maximum Gasteiger partial charge on any atom is 0.326 e. The number of aryl methyl sites for hydroxylation is 2. The van der Waals surface area contributed by atoms with Gasteiger partial charge in [-0.25, -0.2) is 0 Å². The van der Waals surface area contributed by atoms with Gasteiger partial charge < -0.3 is 4.74 Å². The largest absolute Gasteiger partial charge is 0.460 e. The number of alkyl halides is 2. The van der Waals surface area contributed by atoms with Crippen molar-refractivity contribution in [3.8, 4) is 0 Å². The molecule has 0 fully saturated rings. The molecule has 0 heterocycles. The SMILES string of the molecule is C=CCOC(=O)CN(C(=O)C(Cl)Cl)c1c(CC)cccc1CC. The minimum absolute atomic E-state index is 0.0854. The predicted molar refractivity (Wildman–Crippen MR) is 94.2 cm³/mol. The average molecular weight is 358 g/mol. The number of hydrogen-bond donors (Lipinski definition) is 0. The van der Waals surface area contributed by atoms with E-state index in [0.717, 1.165) is 11.1 Å². The van der Waals surface area contributed by atoms with Gasteiger partial charge >= 0.3 is 5.97 Å². The van der Waals surface area contributed by atoms with Crippen molar-refractivity contribution in [3.05, 3.63) is 42.0 Å². The van der Waals surface area contributed by atoms with E-state index in [2.05, 4.69) is 6.58 Å². The number of carbonyl (C=O) groups is 2. The number of para-hydroxylation sites is 1. The number of amides is 1. The maximum absolute atomic E-state index is 12.4. The Morgan fingerprint density at radius 3 is 2.26 bits per heavy atom. The predicted octanol–water partition coefficient (Wildman–Crippen LogP) is 3.68.